The zero-order valence-electron chi connectivity index (χ0n) is 21.3. The number of carbonyl (C=O) groups excluding carboxylic acids is 1. The second-order valence-electron chi connectivity index (χ2n) is 9.37. The van der Waals surface area contributed by atoms with E-state index in [2.05, 4.69) is 4.99 Å². The molecule has 0 amide bonds. The number of halogens is 6. The molecule has 1 unspecified atom stereocenters. The van der Waals surface area contributed by atoms with Crippen LogP contribution in [0.3, 0.4) is 0 Å². The van der Waals surface area contributed by atoms with Crippen LogP contribution in [0.4, 0.5) is 43.4 Å². The van der Waals surface area contributed by atoms with Crippen LogP contribution in [-0.2, 0) is 15.7 Å². The second kappa shape index (κ2) is 10.7. The summed E-state index contributed by atoms with van der Waals surface area (Å²) in [6, 6.07) is 10.9. The number of ether oxygens (including phenoxy) is 1. The lowest BCUT2D eigenvalue weighted by Crippen LogP contribution is -2.55. The summed E-state index contributed by atoms with van der Waals surface area (Å²) in [4.78, 5) is 21.9. The molecule has 5 rings (SSSR count). The van der Waals surface area contributed by atoms with Gasteiger partial charge in [-0.1, -0.05) is 12.1 Å². The second-order valence-corrected chi connectivity index (χ2v) is 9.37. The van der Waals surface area contributed by atoms with E-state index >= 15 is 8.78 Å². The van der Waals surface area contributed by atoms with Gasteiger partial charge in [0, 0.05) is 37.4 Å². The van der Waals surface area contributed by atoms with Crippen molar-refractivity contribution < 1.29 is 35.9 Å². The third-order valence-corrected chi connectivity index (χ3v) is 6.99. The summed E-state index contributed by atoms with van der Waals surface area (Å²) in [5, 5.41) is 0. The van der Waals surface area contributed by atoms with Gasteiger partial charge in [0.25, 0.3) is 0 Å². The first-order valence-corrected chi connectivity index (χ1v) is 12.4. The van der Waals surface area contributed by atoms with Gasteiger partial charge in [-0.3, -0.25) is 4.79 Å². The lowest BCUT2D eigenvalue weighted by atomic mass is 9.96. The van der Waals surface area contributed by atoms with Crippen LogP contribution < -0.4 is 9.80 Å². The lowest BCUT2D eigenvalue weighted by Gasteiger charge is -2.45. The summed E-state index contributed by atoms with van der Waals surface area (Å²) >= 11 is 0. The van der Waals surface area contributed by atoms with Crippen molar-refractivity contribution in [3.05, 3.63) is 89.2 Å². The van der Waals surface area contributed by atoms with E-state index in [-0.39, 0.29) is 36.1 Å². The van der Waals surface area contributed by atoms with E-state index in [1.165, 1.54) is 35.2 Å². The van der Waals surface area contributed by atoms with Crippen molar-refractivity contribution in [2.45, 2.75) is 18.6 Å². The Labute approximate surface area is 226 Å². The van der Waals surface area contributed by atoms with Crippen LogP contribution in [0.25, 0.3) is 0 Å². The maximum Gasteiger partial charge on any atom is 0.416 e. The highest BCUT2D eigenvalue weighted by molar-refractivity contribution is 6.01. The number of guanidine groups is 1. The topological polar surface area (TPSA) is 48.4 Å². The van der Waals surface area contributed by atoms with Gasteiger partial charge in [-0.25, -0.2) is 18.2 Å². The molecular weight excluding hydrogens is 538 g/mol. The van der Waals surface area contributed by atoms with Crippen molar-refractivity contribution in [2.24, 2.45) is 4.99 Å². The number of rotatable bonds is 4. The Kier molecular flexibility index (Phi) is 7.35. The number of hydrogen-bond acceptors (Lipinski definition) is 6. The fourth-order valence-corrected chi connectivity index (χ4v) is 4.98. The van der Waals surface area contributed by atoms with Gasteiger partial charge in [-0.05, 0) is 48.5 Å². The van der Waals surface area contributed by atoms with Crippen molar-refractivity contribution in [1.82, 2.24) is 4.90 Å². The van der Waals surface area contributed by atoms with Crippen LogP contribution in [0.5, 0.6) is 0 Å². The first-order chi connectivity index (χ1) is 19.1. The average Bonchev–Trinajstić information content (AvgIpc) is 2.93. The van der Waals surface area contributed by atoms with E-state index in [0.29, 0.717) is 31.3 Å². The predicted molar refractivity (Wildman–Crippen MR) is 137 cm³/mol. The third-order valence-electron chi connectivity index (χ3n) is 6.99. The molecule has 40 heavy (non-hydrogen) atoms. The Morgan fingerprint density at radius 3 is 2.25 bits per heavy atom. The Morgan fingerprint density at radius 1 is 0.925 bits per heavy atom. The minimum absolute atomic E-state index is 0.00323. The molecule has 0 spiro atoms. The fourth-order valence-electron chi connectivity index (χ4n) is 4.98. The highest BCUT2D eigenvalue weighted by atomic mass is 19.4. The normalized spacial score (nSPS) is 17.4. The van der Waals surface area contributed by atoms with Crippen LogP contribution in [0, 0.1) is 17.5 Å². The van der Waals surface area contributed by atoms with Gasteiger partial charge in [0.15, 0.2) is 0 Å². The molecular formula is C28H24F6N4O2. The molecule has 0 aromatic heterocycles. The number of alkyl halides is 3. The lowest BCUT2D eigenvalue weighted by molar-refractivity contribution is -0.141. The molecule has 2 heterocycles. The number of esters is 1. The number of carbonyl (C=O) groups is 1. The molecule has 12 heteroatoms. The summed E-state index contributed by atoms with van der Waals surface area (Å²) in [5.74, 6) is -2.77. The fraction of sp³-hybridized carbons (Fsp3) is 0.286. The molecule has 3 aromatic rings. The average molecular weight is 563 g/mol. The number of piperazine rings is 1. The predicted octanol–water partition coefficient (Wildman–Crippen LogP) is 6.06. The first-order valence-electron chi connectivity index (χ1n) is 12.4. The van der Waals surface area contributed by atoms with Gasteiger partial charge in [0.05, 0.1) is 30.8 Å². The van der Waals surface area contributed by atoms with Gasteiger partial charge in [-0.15, -0.1) is 0 Å². The number of para-hydroxylation sites is 1. The molecule has 0 saturated carbocycles. The zero-order valence-corrected chi connectivity index (χ0v) is 21.3. The molecule has 6 nitrogen and oxygen atoms in total. The Morgan fingerprint density at radius 2 is 1.60 bits per heavy atom. The van der Waals surface area contributed by atoms with Crippen LogP contribution >= 0.6 is 0 Å². The number of anilines is 2. The van der Waals surface area contributed by atoms with Crippen LogP contribution in [0.2, 0.25) is 0 Å². The van der Waals surface area contributed by atoms with E-state index in [4.69, 9.17) is 4.74 Å². The zero-order chi connectivity index (χ0) is 28.6. The number of fused-ring (bicyclic) bond motifs is 1. The number of aliphatic imine (C=N–C) groups is 1. The standard InChI is InChI=1S/C28H24F6N4O2/c1-40-25(39)16-23-20-3-2-4-22(31)26(20)35-27(38(23)24-15-17(28(32,33)34)5-10-21(24)30)37-13-11-36(12-14-37)19-8-6-18(29)7-9-19/h2-10,15,23H,11-14,16H2,1H3. The molecule has 0 bridgehead atoms. The SMILES string of the molecule is COC(=O)CC1c2cccc(F)c2N=C(N2CCN(c3ccc(F)cc3)CC2)N1c1cc(C(F)(F)F)ccc1F. The van der Waals surface area contributed by atoms with E-state index in [9.17, 15) is 22.4 Å². The maximum absolute atomic E-state index is 15.3. The number of benzene rings is 3. The number of methoxy groups -OCH3 is 1. The van der Waals surface area contributed by atoms with Crippen molar-refractivity contribution in [3.63, 3.8) is 0 Å². The van der Waals surface area contributed by atoms with E-state index in [1.807, 2.05) is 4.90 Å². The summed E-state index contributed by atoms with van der Waals surface area (Å²) < 4.78 is 89.6. The van der Waals surface area contributed by atoms with E-state index in [0.717, 1.165) is 12.8 Å². The van der Waals surface area contributed by atoms with Crippen LogP contribution in [0.15, 0.2) is 65.7 Å². The van der Waals surface area contributed by atoms with Gasteiger partial charge in [0.1, 0.15) is 23.1 Å². The summed E-state index contributed by atoms with van der Waals surface area (Å²) in [6.07, 6.45) is -5.17. The van der Waals surface area contributed by atoms with Gasteiger partial charge in [-0.2, -0.15) is 13.2 Å². The maximum atomic E-state index is 15.3. The molecule has 3 aromatic carbocycles. The number of nitrogens with zero attached hydrogens (tertiary/aromatic N) is 4. The largest absolute Gasteiger partial charge is 0.469 e. The van der Waals surface area contributed by atoms with Crippen molar-refractivity contribution >= 4 is 29.0 Å². The third kappa shape index (κ3) is 5.30. The summed E-state index contributed by atoms with van der Waals surface area (Å²) in [7, 11) is 1.15. The highest BCUT2D eigenvalue weighted by Gasteiger charge is 2.40. The quantitative estimate of drug-likeness (QED) is 0.286. The molecule has 0 aliphatic carbocycles. The van der Waals surface area contributed by atoms with Crippen LogP contribution in [0.1, 0.15) is 23.6 Å². The molecule has 0 radical (unpaired) electrons. The van der Waals surface area contributed by atoms with Gasteiger partial charge >= 0.3 is 12.1 Å². The minimum atomic E-state index is -4.77. The molecule has 2 aliphatic heterocycles. The Balaban J connectivity index is 1.60. The molecule has 1 saturated heterocycles. The van der Waals surface area contributed by atoms with E-state index < -0.39 is 47.5 Å². The van der Waals surface area contributed by atoms with Crippen molar-refractivity contribution in [1.29, 1.82) is 0 Å². The number of hydrogen-bond donors (Lipinski definition) is 0. The Bertz CT molecular complexity index is 1440. The van der Waals surface area contributed by atoms with Gasteiger partial charge in [0.2, 0.25) is 5.96 Å². The highest BCUT2D eigenvalue weighted by Crippen LogP contribution is 2.44. The molecule has 1 fully saturated rings. The molecule has 210 valence electrons. The monoisotopic (exact) mass is 562 g/mol. The first kappa shape index (κ1) is 27.4. The molecule has 0 N–H and O–H groups in total. The van der Waals surface area contributed by atoms with E-state index in [1.54, 1.807) is 17.0 Å². The Hall–Kier alpha value is -4.22. The molecule has 1 atom stereocenters. The van der Waals surface area contributed by atoms with Crippen LogP contribution in [-0.4, -0.2) is 50.1 Å². The summed E-state index contributed by atoms with van der Waals surface area (Å²) in [5.41, 5.74) is -0.663. The van der Waals surface area contributed by atoms with Gasteiger partial charge < -0.3 is 19.4 Å². The van der Waals surface area contributed by atoms with Crippen molar-refractivity contribution in [3.8, 4) is 0 Å². The smallest absolute Gasteiger partial charge is 0.416 e. The molecule has 2 aliphatic rings. The summed E-state index contributed by atoms with van der Waals surface area (Å²) in [6.45, 7) is 1.38. The minimum Gasteiger partial charge on any atom is -0.469 e. The van der Waals surface area contributed by atoms with Crippen molar-refractivity contribution in [2.75, 3.05) is 43.1 Å².